The maximum Gasteiger partial charge on any atom is 0.191 e. The van der Waals surface area contributed by atoms with Crippen molar-refractivity contribution >= 4 is 34.4 Å². The highest BCUT2D eigenvalue weighted by Crippen LogP contribution is 2.44. The maximum absolute atomic E-state index is 9.76. The summed E-state index contributed by atoms with van der Waals surface area (Å²) in [6, 6.07) is 0. The SMILES string of the molecule is CSc1nc2c3c(nn([C@@H]4O[C@H](CO)[C@H]5OC(C)(C)O[C@H]54)c3n1)C(N)=NN2C. The number of amidine groups is 1. The van der Waals surface area contributed by atoms with E-state index < -0.39 is 30.3 Å². The number of fused-ring (bicyclic) bond motifs is 1. The molecule has 2 saturated heterocycles. The van der Waals surface area contributed by atoms with Crippen molar-refractivity contribution in [2.24, 2.45) is 10.8 Å². The van der Waals surface area contributed by atoms with Crippen LogP contribution >= 0.6 is 11.8 Å². The van der Waals surface area contributed by atoms with Gasteiger partial charge in [0, 0.05) is 7.05 Å². The zero-order valence-electron chi connectivity index (χ0n) is 15.9. The van der Waals surface area contributed by atoms with Gasteiger partial charge in [-0.25, -0.2) is 19.7 Å². The van der Waals surface area contributed by atoms with Crippen LogP contribution in [0.25, 0.3) is 11.0 Å². The fourth-order valence-electron chi connectivity index (χ4n) is 3.94. The van der Waals surface area contributed by atoms with E-state index in [0.29, 0.717) is 27.7 Å². The number of hydrogen-bond acceptors (Lipinski definition) is 11. The summed E-state index contributed by atoms with van der Waals surface area (Å²) in [6.45, 7) is 3.48. The van der Waals surface area contributed by atoms with Crippen LogP contribution in [-0.2, 0) is 14.2 Å². The molecule has 28 heavy (non-hydrogen) atoms. The molecule has 0 aromatic carbocycles. The molecule has 12 heteroatoms. The first kappa shape index (κ1) is 18.1. The second-order valence-corrected chi connectivity index (χ2v) is 8.12. The Kier molecular flexibility index (Phi) is 3.87. The molecule has 3 aliphatic rings. The Morgan fingerprint density at radius 1 is 1.25 bits per heavy atom. The molecule has 0 saturated carbocycles. The highest BCUT2D eigenvalue weighted by atomic mass is 32.2. The number of rotatable bonds is 3. The van der Waals surface area contributed by atoms with Gasteiger partial charge in [0.2, 0.25) is 0 Å². The summed E-state index contributed by atoms with van der Waals surface area (Å²) in [7, 11) is 1.78. The molecule has 0 bridgehead atoms. The molecule has 0 radical (unpaired) electrons. The van der Waals surface area contributed by atoms with Crippen molar-refractivity contribution in [1.82, 2.24) is 19.7 Å². The molecule has 4 atom stereocenters. The van der Waals surface area contributed by atoms with Gasteiger partial charge in [-0.1, -0.05) is 11.8 Å². The van der Waals surface area contributed by atoms with E-state index in [0.717, 1.165) is 0 Å². The predicted octanol–water partition coefficient (Wildman–Crippen LogP) is 0.0281. The van der Waals surface area contributed by atoms with Gasteiger partial charge in [0.15, 0.2) is 34.5 Å². The summed E-state index contributed by atoms with van der Waals surface area (Å²) in [5.74, 6) is 0.119. The molecule has 3 N–H and O–H groups in total. The molecule has 5 rings (SSSR count). The number of aliphatic hydroxyl groups excluding tert-OH is 1. The normalized spacial score (nSPS) is 30.8. The Labute approximate surface area is 164 Å². The zero-order chi connectivity index (χ0) is 19.8. The lowest BCUT2D eigenvalue weighted by atomic mass is 10.1. The molecule has 2 aromatic heterocycles. The van der Waals surface area contributed by atoms with Crippen LogP contribution in [0.1, 0.15) is 25.8 Å². The molecule has 2 aromatic rings. The lowest BCUT2D eigenvalue weighted by Crippen LogP contribution is -2.31. The van der Waals surface area contributed by atoms with Gasteiger partial charge in [-0.05, 0) is 20.1 Å². The summed E-state index contributed by atoms with van der Waals surface area (Å²) >= 11 is 1.42. The van der Waals surface area contributed by atoms with E-state index in [9.17, 15) is 5.11 Å². The van der Waals surface area contributed by atoms with Gasteiger partial charge in [0.05, 0.1) is 12.0 Å². The summed E-state index contributed by atoms with van der Waals surface area (Å²) in [5, 5.41) is 21.6. The molecular weight excluding hydrogens is 386 g/mol. The molecule has 0 amide bonds. The molecule has 2 fully saturated rings. The van der Waals surface area contributed by atoms with E-state index in [4.69, 9.17) is 19.9 Å². The molecule has 5 heterocycles. The molecule has 11 nitrogen and oxygen atoms in total. The Morgan fingerprint density at radius 2 is 2.00 bits per heavy atom. The Bertz CT molecular complexity index is 993. The van der Waals surface area contributed by atoms with Crippen LogP contribution in [-0.4, -0.2) is 74.7 Å². The number of thioether (sulfide) groups is 1. The third-order valence-electron chi connectivity index (χ3n) is 5.05. The second-order valence-electron chi connectivity index (χ2n) is 7.35. The molecule has 3 aliphatic heterocycles. The van der Waals surface area contributed by atoms with Gasteiger partial charge in [-0.2, -0.15) is 10.2 Å². The molecule has 0 spiro atoms. The van der Waals surface area contributed by atoms with Crippen LogP contribution in [0, 0.1) is 0 Å². The summed E-state index contributed by atoms with van der Waals surface area (Å²) < 4.78 is 19.7. The van der Waals surface area contributed by atoms with Crippen LogP contribution in [0.4, 0.5) is 5.82 Å². The van der Waals surface area contributed by atoms with E-state index in [-0.39, 0.29) is 12.4 Å². The monoisotopic (exact) mass is 407 g/mol. The van der Waals surface area contributed by atoms with Crippen LogP contribution in [0.2, 0.25) is 0 Å². The average Bonchev–Trinajstić information content (AvgIpc) is 3.28. The van der Waals surface area contributed by atoms with Crippen LogP contribution < -0.4 is 10.7 Å². The standard InChI is InChI=1S/C16H21N7O4S/c1-16(2)26-9-6(5-24)25-14(10(9)27-16)23-13-7-8(20-23)11(17)21-22(3)12(7)18-15(19-13)28-4/h6,9-10,14,24H,5H2,1-4H3,(H2,17,21)/t6-,9-,10-,14-/m1/s1. The third-order valence-corrected chi connectivity index (χ3v) is 5.60. The number of aromatic nitrogens is 4. The largest absolute Gasteiger partial charge is 0.394 e. The maximum atomic E-state index is 9.76. The first-order valence-electron chi connectivity index (χ1n) is 8.87. The summed E-state index contributed by atoms with van der Waals surface area (Å²) in [5.41, 5.74) is 7.19. The van der Waals surface area contributed by atoms with Crippen molar-refractivity contribution in [3.8, 4) is 0 Å². The van der Waals surface area contributed by atoms with Crippen molar-refractivity contribution in [2.75, 3.05) is 24.9 Å². The molecule has 150 valence electrons. The molecular formula is C16H21N7O4S. The second kappa shape index (κ2) is 6.00. The van der Waals surface area contributed by atoms with E-state index >= 15 is 0 Å². The number of hydrazone groups is 1. The van der Waals surface area contributed by atoms with Crippen molar-refractivity contribution in [2.45, 2.75) is 49.3 Å². The number of anilines is 1. The quantitative estimate of drug-likeness (QED) is 0.530. The van der Waals surface area contributed by atoms with Crippen molar-refractivity contribution in [3.05, 3.63) is 5.69 Å². The van der Waals surface area contributed by atoms with Gasteiger partial charge in [-0.3, -0.25) is 0 Å². The minimum absolute atomic E-state index is 0.189. The topological polar surface area (TPSA) is 133 Å². The van der Waals surface area contributed by atoms with E-state index in [2.05, 4.69) is 20.2 Å². The van der Waals surface area contributed by atoms with Gasteiger partial charge >= 0.3 is 0 Å². The Hall–Kier alpha value is -1.99. The number of aliphatic hydroxyl groups is 1. The Morgan fingerprint density at radius 3 is 2.71 bits per heavy atom. The minimum atomic E-state index is -0.782. The van der Waals surface area contributed by atoms with Crippen molar-refractivity contribution in [3.63, 3.8) is 0 Å². The van der Waals surface area contributed by atoms with Gasteiger partial charge in [-0.15, -0.1) is 0 Å². The fourth-order valence-corrected chi connectivity index (χ4v) is 4.30. The van der Waals surface area contributed by atoms with Crippen LogP contribution in [0.3, 0.4) is 0 Å². The first-order valence-corrected chi connectivity index (χ1v) is 10.1. The predicted molar refractivity (Wildman–Crippen MR) is 101 cm³/mol. The number of ether oxygens (including phenoxy) is 3. The van der Waals surface area contributed by atoms with Gasteiger partial charge in [0.1, 0.15) is 24.0 Å². The Balaban J connectivity index is 1.69. The highest BCUT2D eigenvalue weighted by molar-refractivity contribution is 7.98. The molecule has 0 aliphatic carbocycles. The number of nitrogens with two attached hydrogens (primary N) is 1. The summed E-state index contributed by atoms with van der Waals surface area (Å²) in [4.78, 5) is 9.20. The highest BCUT2D eigenvalue weighted by Gasteiger charge is 2.56. The molecule has 0 unspecified atom stereocenters. The smallest absolute Gasteiger partial charge is 0.191 e. The van der Waals surface area contributed by atoms with Crippen molar-refractivity contribution < 1.29 is 19.3 Å². The summed E-state index contributed by atoms with van der Waals surface area (Å²) in [6.07, 6.45) is -0.117. The minimum Gasteiger partial charge on any atom is -0.394 e. The van der Waals surface area contributed by atoms with Gasteiger partial charge in [0.25, 0.3) is 0 Å². The van der Waals surface area contributed by atoms with Crippen LogP contribution in [0.15, 0.2) is 10.3 Å². The average molecular weight is 407 g/mol. The van der Waals surface area contributed by atoms with E-state index in [1.807, 2.05) is 20.1 Å². The zero-order valence-corrected chi connectivity index (χ0v) is 16.7. The number of hydrogen-bond donors (Lipinski definition) is 2. The van der Waals surface area contributed by atoms with Crippen molar-refractivity contribution in [1.29, 1.82) is 0 Å². The fraction of sp³-hybridized carbons (Fsp3) is 0.625. The first-order chi connectivity index (χ1) is 13.3. The van der Waals surface area contributed by atoms with E-state index in [1.54, 1.807) is 16.7 Å². The third kappa shape index (κ3) is 2.45. The number of nitrogens with zero attached hydrogens (tertiary/aromatic N) is 6. The van der Waals surface area contributed by atoms with Crippen LogP contribution in [0.5, 0.6) is 0 Å². The van der Waals surface area contributed by atoms with Gasteiger partial charge < -0.3 is 25.1 Å². The van der Waals surface area contributed by atoms with E-state index in [1.165, 1.54) is 11.8 Å². The lowest BCUT2D eigenvalue weighted by Gasteiger charge is -2.23. The lowest BCUT2D eigenvalue weighted by molar-refractivity contribution is -0.201.